The number of rotatable bonds is 4. The molecule has 3 aromatic heterocycles. The number of hydrogen-bond acceptors (Lipinski definition) is 5. The second-order valence-electron chi connectivity index (χ2n) is 8.20. The van der Waals surface area contributed by atoms with Gasteiger partial charge in [-0.2, -0.15) is 0 Å². The number of hydrogen-bond donors (Lipinski definition) is 2. The van der Waals surface area contributed by atoms with E-state index in [4.69, 9.17) is 4.98 Å². The minimum absolute atomic E-state index is 0.0631. The third kappa shape index (κ3) is 3.41. The van der Waals surface area contributed by atoms with Gasteiger partial charge in [0.05, 0.1) is 11.3 Å². The van der Waals surface area contributed by atoms with Gasteiger partial charge in [-0.05, 0) is 29.5 Å². The minimum atomic E-state index is -0.0631. The van der Waals surface area contributed by atoms with E-state index in [1.165, 1.54) is 28.4 Å². The van der Waals surface area contributed by atoms with E-state index in [0.717, 1.165) is 24.3 Å². The van der Waals surface area contributed by atoms with Crippen LogP contribution in [0.1, 0.15) is 42.1 Å². The molecule has 0 saturated heterocycles. The van der Waals surface area contributed by atoms with Gasteiger partial charge in [0.1, 0.15) is 12.2 Å². The number of nitrogens with zero attached hydrogens (tertiary/aromatic N) is 4. The number of aromatic nitrogens is 5. The quantitative estimate of drug-likeness (QED) is 0.548. The largest absolute Gasteiger partial charge is 0.361 e. The van der Waals surface area contributed by atoms with Gasteiger partial charge >= 0.3 is 0 Å². The average molecular weight is 400 g/mol. The first-order valence-corrected chi connectivity index (χ1v) is 10.3. The molecule has 0 amide bonds. The summed E-state index contributed by atoms with van der Waals surface area (Å²) < 4.78 is 0. The van der Waals surface area contributed by atoms with Crippen LogP contribution < -0.4 is 5.56 Å². The Morgan fingerprint density at radius 3 is 2.83 bits per heavy atom. The first kappa shape index (κ1) is 18.7. The molecule has 4 aromatic rings. The molecule has 1 aliphatic heterocycles. The van der Waals surface area contributed by atoms with Crippen LogP contribution in [0.4, 0.5) is 0 Å². The number of nitrogens with one attached hydrogen (secondary N) is 2. The summed E-state index contributed by atoms with van der Waals surface area (Å²) in [5.74, 6) is 1.03. The second kappa shape index (κ2) is 7.50. The SMILES string of the molecule is CC(C)c1ccc2c(CN3CCc4c(nc(-c5cncnc5)[nH]c4=O)C3)c[nH]c2c1. The van der Waals surface area contributed by atoms with Gasteiger partial charge < -0.3 is 9.97 Å². The van der Waals surface area contributed by atoms with E-state index < -0.39 is 0 Å². The number of fused-ring (bicyclic) bond motifs is 2. The molecule has 0 atom stereocenters. The number of aromatic amines is 2. The van der Waals surface area contributed by atoms with Gasteiger partial charge in [0.15, 0.2) is 0 Å². The third-order valence-electron chi connectivity index (χ3n) is 5.84. The summed E-state index contributed by atoms with van der Waals surface area (Å²) in [5, 5.41) is 1.26. The fourth-order valence-electron chi connectivity index (χ4n) is 4.12. The highest BCUT2D eigenvalue weighted by Gasteiger charge is 2.22. The normalized spacial score (nSPS) is 14.4. The first-order chi connectivity index (χ1) is 14.6. The Morgan fingerprint density at radius 2 is 2.03 bits per heavy atom. The van der Waals surface area contributed by atoms with Crippen molar-refractivity contribution in [3.8, 4) is 11.4 Å². The zero-order valence-electron chi connectivity index (χ0n) is 17.1. The highest BCUT2D eigenvalue weighted by molar-refractivity contribution is 5.83. The third-order valence-corrected chi connectivity index (χ3v) is 5.84. The highest BCUT2D eigenvalue weighted by atomic mass is 16.1. The second-order valence-corrected chi connectivity index (χ2v) is 8.20. The van der Waals surface area contributed by atoms with Crippen molar-refractivity contribution in [2.24, 2.45) is 0 Å². The zero-order chi connectivity index (χ0) is 20.7. The summed E-state index contributed by atoms with van der Waals surface area (Å²) in [6.07, 6.45) is 7.59. The number of benzene rings is 1. The van der Waals surface area contributed by atoms with Crippen LogP contribution in [0, 0.1) is 0 Å². The number of H-pyrrole nitrogens is 2. The summed E-state index contributed by atoms with van der Waals surface area (Å²) in [6.45, 7) is 6.72. The molecule has 0 aliphatic carbocycles. The maximum atomic E-state index is 12.6. The van der Waals surface area contributed by atoms with Gasteiger partial charge in [-0.25, -0.2) is 15.0 Å². The monoisotopic (exact) mass is 400 g/mol. The smallest absolute Gasteiger partial charge is 0.254 e. The first-order valence-electron chi connectivity index (χ1n) is 10.3. The van der Waals surface area contributed by atoms with Crippen LogP contribution >= 0.6 is 0 Å². The van der Waals surface area contributed by atoms with E-state index in [9.17, 15) is 4.79 Å². The highest BCUT2D eigenvalue weighted by Crippen LogP contribution is 2.26. The standard InChI is InChI=1S/C23H24N6O/c1-14(2)15-3-4-18-17(10-26-20(18)7-15)11-29-6-5-19-21(12-29)27-22(28-23(19)30)16-8-24-13-25-9-16/h3-4,7-10,13-14,26H,5-6,11-12H2,1-2H3,(H,27,28,30). The molecular formula is C23H24N6O. The van der Waals surface area contributed by atoms with E-state index >= 15 is 0 Å². The molecule has 30 heavy (non-hydrogen) atoms. The van der Waals surface area contributed by atoms with E-state index in [1.807, 2.05) is 0 Å². The summed E-state index contributed by atoms with van der Waals surface area (Å²) in [4.78, 5) is 34.0. The van der Waals surface area contributed by atoms with Crippen molar-refractivity contribution >= 4 is 10.9 Å². The predicted molar refractivity (Wildman–Crippen MR) is 116 cm³/mol. The molecule has 0 fully saturated rings. The minimum Gasteiger partial charge on any atom is -0.361 e. The lowest BCUT2D eigenvalue weighted by Crippen LogP contribution is -2.35. The molecule has 7 nitrogen and oxygen atoms in total. The molecule has 0 bridgehead atoms. The van der Waals surface area contributed by atoms with Crippen LogP contribution in [-0.2, 0) is 19.5 Å². The average Bonchev–Trinajstić information content (AvgIpc) is 3.16. The van der Waals surface area contributed by atoms with Crippen molar-refractivity contribution in [3.63, 3.8) is 0 Å². The van der Waals surface area contributed by atoms with Crippen LogP contribution in [0.15, 0.2) is 47.9 Å². The van der Waals surface area contributed by atoms with Gasteiger partial charge in [0.2, 0.25) is 0 Å². The van der Waals surface area contributed by atoms with Crippen LogP contribution in [0.25, 0.3) is 22.3 Å². The maximum Gasteiger partial charge on any atom is 0.254 e. The van der Waals surface area contributed by atoms with Crippen molar-refractivity contribution in [1.82, 2.24) is 29.8 Å². The van der Waals surface area contributed by atoms with Gasteiger partial charge in [-0.15, -0.1) is 0 Å². The van der Waals surface area contributed by atoms with Crippen molar-refractivity contribution in [2.45, 2.75) is 39.3 Å². The Kier molecular flexibility index (Phi) is 4.67. The summed E-state index contributed by atoms with van der Waals surface area (Å²) in [6, 6.07) is 6.67. The Balaban J connectivity index is 1.41. The maximum absolute atomic E-state index is 12.6. The van der Waals surface area contributed by atoms with Crippen molar-refractivity contribution in [2.75, 3.05) is 6.54 Å². The van der Waals surface area contributed by atoms with E-state index in [2.05, 4.69) is 63.1 Å². The summed E-state index contributed by atoms with van der Waals surface area (Å²) in [7, 11) is 0. The molecule has 0 spiro atoms. The van der Waals surface area contributed by atoms with Gasteiger partial charge in [-0.1, -0.05) is 26.0 Å². The Hall–Kier alpha value is -3.32. The predicted octanol–water partition coefficient (Wildman–Crippen LogP) is 3.39. The fourth-order valence-corrected chi connectivity index (χ4v) is 4.12. The molecule has 4 heterocycles. The molecule has 0 radical (unpaired) electrons. The Bertz CT molecular complexity index is 1260. The van der Waals surface area contributed by atoms with Gasteiger partial charge in [0.25, 0.3) is 5.56 Å². The van der Waals surface area contributed by atoms with E-state index in [1.54, 1.807) is 12.4 Å². The van der Waals surface area contributed by atoms with Crippen LogP contribution in [0.5, 0.6) is 0 Å². The molecule has 1 aliphatic rings. The molecule has 0 saturated carbocycles. The molecule has 0 unspecified atom stereocenters. The van der Waals surface area contributed by atoms with Crippen LogP contribution in [0.2, 0.25) is 0 Å². The molecule has 1 aromatic carbocycles. The van der Waals surface area contributed by atoms with E-state index in [-0.39, 0.29) is 5.56 Å². The molecule has 7 heteroatoms. The van der Waals surface area contributed by atoms with Gasteiger partial charge in [0, 0.05) is 54.7 Å². The topological polar surface area (TPSA) is 90.6 Å². The Morgan fingerprint density at radius 1 is 1.20 bits per heavy atom. The molecule has 152 valence electrons. The molecule has 2 N–H and O–H groups in total. The molecular weight excluding hydrogens is 376 g/mol. The summed E-state index contributed by atoms with van der Waals surface area (Å²) in [5.41, 5.74) is 6.06. The summed E-state index contributed by atoms with van der Waals surface area (Å²) >= 11 is 0. The van der Waals surface area contributed by atoms with Crippen molar-refractivity contribution < 1.29 is 0 Å². The molecule has 5 rings (SSSR count). The van der Waals surface area contributed by atoms with E-state index in [0.29, 0.717) is 30.3 Å². The van der Waals surface area contributed by atoms with Crippen molar-refractivity contribution in [1.29, 1.82) is 0 Å². The van der Waals surface area contributed by atoms with Crippen molar-refractivity contribution in [3.05, 3.63) is 75.9 Å². The Labute approximate surface area is 174 Å². The lowest BCUT2D eigenvalue weighted by molar-refractivity contribution is 0.241. The van der Waals surface area contributed by atoms with Crippen LogP contribution in [-0.4, -0.2) is 36.4 Å². The fraction of sp³-hybridized carbons (Fsp3) is 0.304. The van der Waals surface area contributed by atoms with Gasteiger partial charge in [-0.3, -0.25) is 9.69 Å². The van der Waals surface area contributed by atoms with Crippen LogP contribution in [0.3, 0.4) is 0 Å². The lowest BCUT2D eigenvalue weighted by Gasteiger charge is -2.27. The lowest BCUT2D eigenvalue weighted by atomic mass is 10.0. The zero-order valence-corrected chi connectivity index (χ0v) is 17.1.